The Bertz CT molecular complexity index is 331. The number of aliphatic hydroxyl groups is 2. The molecule has 0 aliphatic rings. The average Bonchev–Trinajstić information content (AvgIpc) is 2.16. The molecule has 2 heteroatoms. The molecule has 0 unspecified atom stereocenters. The van der Waals surface area contributed by atoms with E-state index in [4.69, 9.17) is 0 Å². The lowest BCUT2D eigenvalue weighted by atomic mass is 9.84. The van der Waals surface area contributed by atoms with E-state index in [-0.39, 0.29) is 12.0 Å². The minimum Gasteiger partial charge on any atom is -0.395 e. The van der Waals surface area contributed by atoms with Crippen molar-refractivity contribution >= 4 is 0 Å². The van der Waals surface area contributed by atoms with Crippen LogP contribution in [0.25, 0.3) is 0 Å². The van der Waals surface area contributed by atoms with Gasteiger partial charge in [-0.05, 0) is 25.0 Å². The number of hydrogen-bond acceptors (Lipinski definition) is 2. The molecule has 2 N–H and O–H groups in total. The van der Waals surface area contributed by atoms with Crippen molar-refractivity contribution < 1.29 is 10.2 Å². The van der Waals surface area contributed by atoms with Gasteiger partial charge in [0.2, 0.25) is 0 Å². The normalized spacial score (nSPS) is 12.9. The molecule has 0 atom stereocenters. The molecule has 0 aliphatic carbocycles. The lowest BCUT2D eigenvalue weighted by molar-refractivity contribution is 0.0810. The number of benzene rings is 1. The summed E-state index contributed by atoms with van der Waals surface area (Å²) >= 11 is 0. The predicted octanol–water partition coefficient (Wildman–Crippen LogP) is 2.27. The fourth-order valence-corrected chi connectivity index (χ4v) is 1.66. The Labute approximate surface area is 97.9 Å². The van der Waals surface area contributed by atoms with Crippen LogP contribution in [0.1, 0.15) is 38.8 Å². The van der Waals surface area contributed by atoms with Gasteiger partial charge in [0, 0.05) is 11.8 Å². The van der Waals surface area contributed by atoms with Gasteiger partial charge in [0.1, 0.15) is 0 Å². The first-order chi connectivity index (χ1) is 7.24. The highest BCUT2D eigenvalue weighted by molar-refractivity contribution is 5.28. The summed E-state index contributed by atoms with van der Waals surface area (Å²) in [5, 5.41) is 19.0. The summed E-state index contributed by atoms with van der Waals surface area (Å²) in [6.07, 6.45) is 0.646. The van der Waals surface area contributed by atoms with Crippen LogP contribution >= 0.6 is 0 Å². The van der Waals surface area contributed by atoms with Crippen molar-refractivity contribution in [3.8, 4) is 0 Å². The van der Waals surface area contributed by atoms with Gasteiger partial charge in [0.05, 0.1) is 12.2 Å². The predicted molar refractivity (Wildman–Crippen MR) is 66.6 cm³/mol. The largest absolute Gasteiger partial charge is 0.395 e. The van der Waals surface area contributed by atoms with E-state index >= 15 is 0 Å². The molecule has 1 aromatic rings. The second kappa shape index (κ2) is 4.56. The summed E-state index contributed by atoms with van der Waals surface area (Å²) in [7, 11) is 0. The van der Waals surface area contributed by atoms with Crippen molar-refractivity contribution in [2.45, 2.75) is 45.1 Å². The highest BCUT2D eigenvalue weighted by Crippen LogP contribution is 2.23. The van der Waals surface area contributed by atoms with E-state index in [1.807, 2.05) is 38.1 Å². The number of rotatable bonds is 4. The zero-order chi connectivity index (χ0) is 12.4. The van der Waals surface area contributed by atoms with E-state index < -0.39 is 5.60 Å². The maximum Gasteiger partial charge on any atom is 0.0631 e. The van der Waals surface area contributed by atoms with Gasteiger partial charge in [0.25, 0.3) is 0 Å². The van der Waals surface area contributed by atoms with Gasteiger partial charge in [-0.3, -0.25) is 0 Å². The molecule has 16 heavy (non-hydrogen) atoms. The van der Waals surface area contributed by atoms with Crippen molar-refractivity contribution in [2.75, 3.05) is 6.61 Å². The zero-order valence-electron chi connectivity index (χ0n) is 10.6. The molecular weight excluding hydrogens is 200 g/mol. The third-order valence-corrected chi connectivity index (χ3v) is 2.77. The minimum atomic E-state index is -0.673. The quantitative estimate of drug-likeness (QED) is 0.820. The summed E-state index contributed by atoms with van der Waals surface area (Å²) in [5.74, 6) is 0. The summed E-state index contributed by atoms with van der Waals surface area (Å²) in [5.41, 5.74) is 1.36. The first kappa shape index (κ1) is 13.2. The van der Waals surface area contributed by atoms with Crippen LogP contribution in [0.2, 0.25) is 0 Å². The molecule has 0 aliphatic heterocycles. The summed E-state index contributed by atoms with van der Waals surface area (Å²) in [6.45, 7) is 7.77. The van der Waals surface area contributed by atoms with Crippen LogP contribution in [0.15, 0.2) is 24.3 Å². The Balaban J connectivity index is 2.84. The van der Waals surface area contributed by atoms with Crippen LogP contribution in [0, 0.1) is 0 Å². The Morgan fingerprint density at radius 3 is 1.88 bits per heavy atom. The lowest BCUT2D eigenvalue weighted by Crippen LogP contribution is -2.23. The van der Waals surface area contributed by atoms with Crippen molar-refractivity contribution in [3.05, 3.63) is 35.4 Å². The van der Waals surface area contributed by atoms with E-state index in [2.05, 4.69) is 0 Å². The number of hydrogen-bond donors (Lipinski definition) is 2. The van der Waals surface area contributed by atoms with Gasteiger partial charge in [-0.15, -0.1) is 0 Å². The third kappa shape index (κ3) is 3.62. The summed E-state index contributed by atoms with van der Waals surface area (Å²) < 4.78 is 0. The highest BCUT2D eigenvalue weighted by Gasteiger charge is 2.19. The molecule has 0 saturated heterocycles. The second-order valence-electron chi connectivity index (χ2n) is 5.73. The van der Waals surface area contributed by atoms with E-state index in [0.717, 1.165) is 11.1 Å². The van der Waals surface area contributed by atoms with E-state index in [0.29, 0.717) is 6.42 Å². The van der Waals surface area contributed by atoms with Gasteiger partial charge in [0.15, 0.2) is 0 Å². The van der Waals surface area contributed by atoms with E-state index in [1.165, 1.54) is 0 Å². The fourth-order valence-electron chi connectivity index (χ4n) is 1.66. The fraction of sp³-hybridized carbons (Fsp3) is 0.571. The van der Waals surface area contributed by atoms with E-state index in [9.17, 15) is 10.2 Å². The first-order valence-electron chi connectivity index (χ1n) is 5.67. The Morgan fingerprint density at radius 1 is 1.00 bits per heavy atom. The van der Waals surface area contributed by atoms with E-state index in [1.54, 1.807) is 13.8 Å². The second-order valence-corrected chi connectivity index (χ2v) is 5.73. The molecule has 0 radical (unpaired) electrons. The maximum atomic E-state index is 9.71. The minimum absolute atomic E-state index is 0.137. The lowest BCUT2D eigenvalue weighted by Gasteiger charge is -2.23. The molecule has 0 fully saturated rings. The molecule has 0 bridgehead atoms. The zero-order valence-corrected chi connectivity index (χ0v) is 10.6. The van der Waals surface area contributed by atoms with Crippen LogP contribution in [0.5, 0.6) is 0 Å². The molecule has 2 nitrogen and oxygen atoms in total. The van der Waals surface area contributed by atoms with Gasteiger partial charge in [-0.25, -0.2) is 0 Å². The smallest absolute Gasteiger partial charge is 0.0631 e. The van der Waals surface area contributed by atoms with Gasteiger partial charge >= 0.3 is 0 Å². The molecular formula is C14H22O2. The standard InChI is InChI=1S/C14H22O2/c1-13(2,10-15)12-7-5-11(6-8-12)9-14(3,4)16/h5-8,15-16H,9-10H2,1-4H3. The summed E-state index contributed by atoms with van der Waals surface area (Å²) in [4.78, 5) is 0. The van der Waals surface area contributed by atoms with Crippen LogP contribution in [-0.2, 0) is 11.8 Å². The Kier molecular flexibility index (Phi) is 3.76. The molecule has 1 rings (SSSR count). The van der Waals surface area contributed by atoms with Crippen molar-refractivity contribution in [2.24, 2.45) is 0 Å². The first-order valence-corrected chi connectivity index (χ1v) is 5.67. The van der Waals surface area contributed by atoms with Crippen LogP contribution in [0.4, 0.5) is 0 Å². The van der Waals surface area contributed by atoms with Crippen molar-refractivity contribution in [1.29, 1.82) is 0 Å². The van der Waals surface area contributed by atoms with Crippen LogP contribution < -0.4 is 0 Å². The Morgan fingerprint density at radius 2 is 1.50 bits per heavy atom. The molecule has 0 spiro atoms. The van der Waals surface area contributed by atoms with Gasteiger partial charge in [-0.1, -0.05) is 38.1 Å². The molecule has 0 aromatic heterocycles. The van der Waals surface area contributed by atoms with Crippen molar-refractivity contribution in [1.82, 2.24) is 0 Å². The topological polar surface area (TPSA) is 40.5 Å². The third-order valence-electron chi connectivity index (χ3n) is 2.77. The highest BCUT2D eigenvalue weighted by atomic mass is 16.3. The maximum absolute atomic E-state index is 9.71. The Hall–Kier alpha value is -0.860. The monoisotopic (exact) mass is 222 g/mol. The van der Waals surface area contributed by atoms with Crippen LogP contribution in [-0.4, -0.2) is 22.4 Å². The van der Waals surface area contributed by atoms with Crippen molar-refractivity contribution in [3.63, 3.8) is 0 Å². The molecule has 90 valence electrons. The summed E-state index contributed by atoms with van der Waals surface area (Å²) in [6, 6.07) is 8.09. The molecule has 1 aromatic carbocycles. The van der Waals surface area contributed by atoms with Crippen LogP contribution in [0.3, 0.4) is 0 Å². The number of aliphatic hydroxyl groups excluding tert-OH is 1. The molecule has 0 amide bonds. The average molecular weight is 222 g/mol. The molecule has 0 saturated carbocycles. The molecule has 0 heterocycles. The van der Waals surface area contributed by atoms with Gasteiger partial charge in [-0.2, -0.15) is 0 Å². The van der Waals surface area contributed by atoms with Gasteiger partial charge < -0.3 is 10.2 Å². The SMILES string of the molecule is CC(C)(O)Cc1ccc(C(C)(C)CO)cc1.